The molecular formula is C16H17Cl2NO. The summed E-state index contributed by atoms with van der Waals surface area (Å²) in [5.41, 5.74) is 3.90. The zero-order valence-corrected chi connectivity index (χ0v) is 13.2. The Morgan fingerprint density at radius 1 is 1.10 bits per heavy atom. The van der Waals surface area contributed by atoms with Crippen LogP contribution in [0.3, 0.4) is 0 Å². The molecular weight excluding hydrogens is 293 g/mol. The van der Waals surface area contributed by atoms with Crippen molar-refractivity contribution in [3.8, 4) is 5.75 Å². The Morgan fingerprint density at radius 2 is 1.80 bits per heavy atom. The predicted molar refractivity (Wildman–Crippen MR) is 86.1 cm³/mol. The highest BCUT2D eigenvalue weighted by Crippen LogP contribution is 2.34. The van der Waals surface area contributed by atoms with Crippen molar-refractivity contribution < 1.29 is 5.11 Å². The number of anilines is 1. The van der Waals surface area contributed by atoms with Crippen LogP contribution in [-0.2, 0) is 0 Å². The molecule has 0 aliphatic carbocycles. The molecule has 2 nitrogen and oxygen atoms in total. The standard InChI is InChI=1S/C16H17Cl2NO/c1-9-4-6-14(18)16(10(9)2)19-11(3)13-8-12(17)5-7-15(13)20/h4-8,11,19-20H,1-3H3. The third-order valence-corrected chi connectivity index (χ3v) is 4.05. The minimum Gasteiger partial charge on any atom is -0.508 e. The van der Waals surface area contributed by atoms with E-state index in [0.717, 1.165) is 16.8 Å². The van der Waals surface area contributed by atoms with Crippen molar-refractivity contribution in [3.63, 3.8) is 0 Å². The first kappa shape index (κ1) is 15.0. The second kappa shape index (κ2) is 5.94. The molecule has 1 unspecified atom stereocenters. The summed E-state index contributed by atoms with van der Waals surface area (Å²) in [4.78, 5) is 0. The summed E-state index contributed by atoms with van der Waals surface area (Å²) in [6.07, 6.45) is 0. The van der Waals surface area contributed by atoms with Crippen LogP contribution in [-0.4, -0.2) is 5.11 Å². The van der Waals surface area contributed by atoms with Crippen molar-refractivity contribution in [1.29, 1.82) is 0 Å². The van der Waals surface area contributed by atoms with Gasteiger partial charge in [-0.15, -0.1) is 0 Å². The Kier molecular flexibility index (Phi) is 4.46. The van der Waals surface area contributed by atoms with Gasteiger partial charge in [-0.25, -0.2) is 0 Å². The zero-order chi connectivity index (χ0) is 14.9. The van der Waals surface area contributed by atoms with Crippen LogP contribution >= 0.6 is 23.2 Å². The molecule has 0 amide bonds. The summed E-state index contributed by atoms with van der Waals surface area (Å²) < 4.78 is 0. The topological polar surface area (TPSA) is 32.3 Å². The van der Waals surface area contributed by atoms with E-state index in [2.05, 4.69) is 5.32 Å². The zero-order valence-electron chi connectivity index (χ0n) is 11.7. The van der Waals surface area contributed by atoms with Crippen LogP contribution in [0.25, 0.3) is 0 Å². The fraction of sp³-hybridized carbons (Fsp3) is 0.250. The third kappa shape index (κ3) is 3.02. The molecule has 0 saturated heterocycles. The highest BCUT2D eigenvalue weighted by molar-refractivity contribution is 6.33. The lowest BCUT2D eigenvalue weighted by Gasteiger charge is -2.20. The Bertz CT molecular complexity index is 641. The average molecular weight is 310 g/mol. The Morgan fingerprint density at radius 3 is 2.50 bits per heavy atom. The van der Waals surface area contributed by atoms with Crippen LogP contribution in [0.5, 0.6) is 5.75 Å². The van der Waals surface area contributed by atoms with E-state index in [0.29, 0.717) is 10.0 Å². The van der Waals surface area contributed by atoms with E-state index >= 15 is 0 Å². The van der Waals surface area contributed by atoms with E-state index in [1.54, 1.807) is 18.2 Å². The molecule has 0 aliphatic heterocycles. The van der Waals surface area contributed by atoms with Gasteiger partial charge in [-0.3, -0.25) is 0 Å². The monoisotopic (exact) mass is 309 g/mol. The van der Waals surface area contributed by atoms with Crippen molar-refractivity contribution in [2.24, 2.45) is 0 Å². The summed E-state index contributed by atoms with van der Waals surface area (Å²) in [5.74, 6) is 0.218. The molecule has 0 aromatic heterocycles. The first-order valence-corrected chi connectivity index (χ1v) is 7.16. The lowest BCUT2D eigenvalue weighted by Crippen LogP contribution is -2.09. The summed E-state index contributed by atoms with van der Waals surface area (Å²) in [6.45, 7) is 6.02. The highest BCUT2D eigenvalue weighted by atomic mass is 35.5. The number of rotatable bonds is 3. The minimum atomic E-state index is -0.105. The SMILES string of the molecule is Cc1ccc(Cl)c(NC(C)c2cc(Cl)ccc2O)c1C. The minimum absolute atomic E-state index is 0.105. The van der Waals surface area contributed by atoms with Gasteiger partial charge in [0, 0.05) is 10.6 Å². The van der Waals surface area contributed by atoms with E-state index in [-0.39, 0.29) is 11.8 Å². The lowest BCUT2D eigenvalue weighted by atomic mass is 10.0. The number of hydrogen-bond acceptors (Lipinski definition) is 2. The molecule has 4 heteroatoms. The van der Waals surface area contributed by atoms with Gasteiger partial charge in [-0.1, -0.05) is 29.3 Å². The van der Waals surface area contributed by atoms with Crippen LogP contribution in [0.1, 0.15) is 29.7 Å². The van der Waals surface area contributed by atoms with Crippen molar-refractivity contribution in [3.05, 3.63) is 57.1 Å². The highest BCUT2D eigenvalue weighted by Gasteiger charge is 2.14. The van der Waals surface area contributed by atoms with Crippen LogP contribution in [0.4, 0.5) is 5.69 Å². The molecule has 0 heterocycles. The van der Waals surface area contributed by atoms with Crippen LogP contribution < -0.4 is 5.32 Å². The maximum absolute atomic E-state index is 9.94. The fourth-order valence-corrected chi connectivity index (χ4v) is 2.57. The van der Waals surface area contributed by atoms with Gasteiger partial charge in [0.25, 0.3) is 0 Å². The molecule has 0 fully saturated rings. The van der Waals surface area contributed by atoms with Gasteiger partial charge < -0.3 is 10.4 Å². The van der Waals surface area contributed by atoms with Crippen molar-refractivity contribution >= 4 is 28.9 Å². The van der Waals surface area contributed by atoms with E-state index in [1.807, 2.05) is 32.9 Å². The smallest absolute Gasteiger partial charge is 0.120 e. The molecule has 2 rings (SSSR count). The largest absolute Gasteiger partial charge is 0.508 e. The van der Waals surface area contributed by atoms with Gasteiger partial charge in [-0.05, 0) is 56.2 Å². The molecule has 0 saturated carbocycles. The van der Waals surface area contributed by atoms with Crippen LogP contribution in [0, 0.1) is 13.8 Å². The lowest BCUT2D eigenvalue weighted by molar-refractivity contribution is 0.465. The molecule has 2 N–H and O–H groups in total. The summed E-state index contributed by atoms with van der Waals surface area (Å²) in [6, 6.07) is 8.78. The van der Waals surface area contributed by atoms with Gasteiger partial charge >= 0.3 is 0 Å². The van der Waals surface area contributed by atoms with E-state index in [9.17, 15) is 5.11 Å². The van der Waals surface area contributed by atoms with Gasteiger partial charge in [0.2, 0.25) is 0 Å². The first-order valence-electron chi connectivity index (χ1n) is 6.40. The molecule has 106 valence electrons. The van der Waals surface area contributed by atoms with Crippen molar-refractivity contribution in [2.75, 3.05) is 5.32 Å². The number of phenolic OH excluding ortho intramolecular Hbond substituents is 1. The molecule has 2 aromatic carbocycles. The summed E-state index contributed by atoms with van der Waals surface area (Å²) >= 11 is 12.2. The molecule has 20 heavy (non-hydrogen) atoms. The maximum atomic E-state index is 9.94. The van der Waals surface area contributed by atoms with E-state index in [1.165, 1.54) is 5.56 Å². The Balaban J connectivity index is 2.35. The molecule has 0 bridgehead atoms. The summed E-state index contributed by atoms with van der Waals surface area (Å²) in [5, 5.41) is 14.6. The molecule has 0 radical (unpaired) electrons. The second-order valence-electron chi connectivity index (χ2n) is 4.93. The number of aromatic hydroxyl groups is 1. The van der Waals surface area contributed by atoms with Gasteiger partial charge in [0.05, 0.1) is 16.8 Å². The second-order valence-corrected chi connectivity index (χ2v) is 5.78. The quantitative estimate of drug-likeness (QED) is 0.785. The molecule has 2 aromatic rings. The first-order chi connectivity index (χ1) is 9.40. The molecule has 0 aliphatic rings. The van der Waals surface area contributed by atoms with Gasteiger partial charge in [0.15, 0.2) is 0 Å². The third-order valence-electron chi connectivity index (χ3n) is 3.50. The number of halogens is 2. The normalized spacial score (nSPS) is 12.2. The number of phenols is 1. The van der Waals surface area contributed by atoms with Crippen LogP contribution in [0.15, 0.2) is 30.3 Å². The van der Waals surface area contributed by atoms with Gasteiger partial charge in [0.1, 0.15) is 5.75 Å². The van der Waals surface area contributed by atoms with E-state index < -0.39 is 0 Å². The van der Waals surface area contributed by atoms with Crippen molar-refractivity contribution in [1.82, 2.24) is 0 Å². The molecule has 0 spiro atoms. The maximum Gasteiger partial charge on any atom is 0.120 e. The number of hydrogen-bond donors (Lipinski definition) is 2. The number of aryl methyl sites for hydroxylation is 1. The van der Waals surface area contributed by atoms with E-state index in [4.69, 9.17) is 23.2 Å². The van der Waals surface area contributed by atoms with Crippen LogP contribution in [0.2, 0.25) is 10.0 Å². The Hall–Kier alpha value is -1.38. The van der Waals surface area contributed by atoms with Gasteiger partial charge in [-0.2, -0.15) is 0 Å². The Labute approximate surface area is 129 Å². The summed E-state index contributed by atoms with van der Waals surface area (Å²) in [7, 11) is 0. The van der Waals surface area contributed by atoms with Crippen molar-refractivity contribution in [2.45, 2.75) is 26.8 Å². The number of nitrogens with one attached hydrogen (secondary N) is 1. The fourth-order valence-electron chi connectivity index (χ4n) is 2.13. The molecule has 1 atom stereocenters. The number of benzene rings is 2. The average Bonchev–Trinajstić information content (AvgIpc) is 2.41. The predicted octanol–water partition coefficient (Wildman–Crippen LogP) is 5.49.